The van der Waals surface area contributed by atoms with Crippen molar-refractivity contribution < 1.29 is 24.2 Å². The van der Waals surface area contributed by atoms with Gasteiger partial charge in [0.2, 0.25) is 5.91 Å². The van der Waals surface area contributed by atoms with Crippen LogP contribution in [0.1, 0.15) is 48.3 Å². The van der Waals surface area contributed by atoms with E-state index in [1.54, 1.807) is 13.0 Å². The molecule has 3 rings (SSSR count). The number of thiophene rings is 1. The smallest absolute Gasteiger partial charge is 0.341 e. The predicted octanol–water partition coefficient (Wildman–Crippen LogP) is 3.51. The van der Waals surface area contributed by atoms with Crippen molar-refractivity contribution in [3.05, 3.63) is 28.7 Å². The average Bonchev–Trinajstić information content (AvgIpc) is 3.28. The number of allylic oxidation sites excluding steroid dienone is 2. The van der Waals surface area contributed by atoms with E-state index in [4.69, 9.17) is 4.74 Å². The summed E-state index contributed by atoms with van der Waals surface area (Å²) in [4.78, 5) is 37.7. The monoisotopic (exact) mass is 377 g/mol. The summed E-state index contributed by atoms with van der Waals surface area (Å²) in [6.45, 7) is 5.99. The minimum atomic E-state index is -0.943. The predicted molar refractivity (Wildman–Crippen MR) is 98.3 cm³/mol. The SMILES string of the molecule is CCOC(=O)c1cc(C(C)C)sc1NC(=O)[C@@H]1[C@@H](C(=O)O)[C@@H]2C=C[C@@H]1C2. The van der Waals surface area contributed by atoms with Crippen LogP contribution in [0.5, 0.6) is 0 Å². The number of carboxylic acid groups (broad SMARTS) is 1. The standard InChI is InChI=1S/C19H23NO5S/c1-4-25-19(24)12-8-13(9(2)3)26-17(12)20-16(21)14-10-5-6-11(7-10)15(14)18(22)23/h5-6,8-11,14-15H,4,7H2,1-3H3,(H,20,21)(H,22,23)/t10-,11-,14+,15+/m1/s1. The first-order valence-electron chi connectivity index (χ1n) is 8.86. The Balaban J connectivity index is 1.86. The van der Waals surface area contributed by atoms with Gasteiger partial charge in [0.05, 0.1) is 24.0 Å². The van der Waals surface area contributed by atoms with Crippen LogP contribution in [0.3, 0.4) is 0 Å². The lowest BCUT2D eigenvalue weighted by Gasteiger charge is -2.23. The van der Waals surface area contributed by atoms with E-state index in [2.05, 4.69) is 5.32 Å². The number of ether oxygens (including phenoxy) is 1. The highest BCUT2D eigenvalue weighted by molar-refractivity contribution is 7.16. The molecule has 1 fully saturated rings. The minimum Gasteiger partial charge on any atom is -0.481 e. The highest BCUT2D eigenvalue weighted by atomic mass is 32.1. The Kier molecular flexibility index (Phi) is 5.18. The lowest BCUT2D eigenvalue weighted by atomic mass is 9.82. The van der Waals surface area contributed by atoms with Gasteiger partial charge in [0.25, 0.3) is 0 Å². The van der Waals surface area contributed by atoms with Crippen LogP contribution in [0.2, 0.25) is 0 Å². The molecule has 0 aliphatic heterocycles. The summed E-state index contributed by atoms with van der Waals surface area (Å²) in [6, 6.07) is 1.75. The van der Waals surface area contributed by atoms with Crippen molar-refractivity contribution in [1.82, 2.24) is 0 Å². The Morgan fingerprint density at radius 2 is 1.92 bits per heavy atom. The molecular formula is C19H23NO5S. The second-order valence-electron chi connectivity index (χ2n) is 7.09. The first-order valence-corrected chi connectivity index (χ1v) is 9.68. The third-order valence-electron chi connectivity index (χ3n) is 5.10. The molecule has 1 amide bonds. The molecular weight excluding hydrogens is 354 g/mol. The maximum atomic E-state index is 12.9. The first-order chi connectivity index (χ1) is 12.3. The fourth-order valence-electron chi connectivity index (χ4n) is 3.86. The van der Waals surface area contributed by atoms with Gasteiger partial charge >= 0.3 is 11.9 Å². The first kappa shape index (κ1) is 18.6. The second kappa shape index (κ2) is 7.23. The molecule has 7 heteroatoms. The topological polar surface area (TPSA) is 92.7 Å². The molecule has 2 aliphatic carbocycles. The highest BCUT2D eigenvalue weighted by Crippen LogP contribution is 2.48. The Morgan fingerprint density at radius 1 is 1.27 bits per heavy atom. The van der Waals surface area contributed by atoms with Crippen molar-refractivity contribution >= 4 is 34.2 Å². The normalized spacial score (nSPS) is 26.3. The molecule has 1 aromatic heterocycles. The van der Waals surface area contributed by atoms with Crippen LogP contribution in [0, 0.1) is 23.7 Å². The number of amides is 1. The molecule has 0 aromatic carbocycles. The number of esters is 1. The zero-order chi connectivity index (χ0) is 19.0. The van der Waals surface area contributed by atoms with Crippen molar-refractivity contribution in [3.63, 3.8) is 0 Å². The summed E-state index contributed by atoms with van der Waals surface area (Å²) in [5.74, 6) is -3.02. The van der Waals surface area contributed by atoms with E-state index in [1.165, 1.54) is 11.3 Å². The van der Waals surface area contributed by atoms with E-state index >= 15 is 0 Å². The third-order valence-corrected chi connectivity index (χ3v) is 6.45. The highest BCUT2D eigenvalue weighted by Gasteiger charge is 2.51. The Morgan fingerprint density at radius 3 is 2.50 bits per heavy atom. The van der Waals surface area contributed by atoms with Crippen LogP contribution >= 0.6 is 11.3 Å². The fourth-order valence-corrected chi connectivity index (χ4v) is 4.91. The molecule has 2 N–H and O–H groups in total. The largest absolute Gasteiger partial charge is 0.481 e. The summed E-state index contributed by atoms with van der Waals surface area (Å²) in [6.07, 6.45) is 4.54. The van der Waals surface area contributed by atoms with Gasteiger partial charge in [0.15, 0.2) is 0 Å². The van der Waals surface area contributed by atoms with Crippen molar-refractivity contribution in [3.8, 4) is 0 Å². The summed E-state index contributed by atoms with van der Waals surface area (Å²) < 4.78 is 5.09. The van der Waals surface area contributed by atoms with Gasteiger partial charge < -0.3 is 15.2 Å². The summed E-state index contributed by atoms with van der Waals surface area (Å²) in [7, 11) is 0. The molecule has 2 bridgehead atoms. The molecule has 1 aromatic rings. The summed E-state index contributed by atoms with van der Waals surface area (Å²) in [5.41, 5.74) is 0.333. The van der Waals surface area contributed by atoms with E-state index in [1.807, 2.05) is 26.0 Å². The third kappa shape index (κ3) is 3.28. The fraction of sp³-hybridized carbons (Fsp3) is 0.526. The van der Waals surface area contributed by atoms with Gasteiger partial charge in [-0.3, -0.25) is 9.59 Å². The van der Waals surface area contributed by atoms with E-state index in [0.29, 0.717) is 17.0 Å². The Labute approximate surface area is 156 Å². The maximum Gasteiger partial charge on any atom is 0.341 e. The molecule has 0 saturated heterocycles. The number of fused-ring (bicyclic) bond motifs is 2. The maximum absolute atomic E-state index is 12.9. The number of carbonyl (C=O) groups excluding carboxylic acids is 2. The number of hydrogen-bond acceptors (Lipinski definition) is 5. The van der Waals surface area contributed by atoms with Gasteiger partial charge in [-0.1, -0.05) is 26.0 Å². The van der Waals surface area contributed by atoms with Gasteiger partial charge in [-0.15, -0.1) is 11.3 Å². The van der Waals surface area contributed by atoms with Crippen LogP contribution in [0.15, 0.2) is 18.2 Å². The van der Waals surface area contributed by atoms with Crippen LogP contribution in [0.4, 0.5) is 5.00 Å². The van der Waals surface area contributed by atoms with Crippen molar-refractivity contribution in [1.29, 1.82) is 0 Å². The van der Waals surface area contributed by atoms with Crippen molar-refractivity contribution in [2.24, 2.45) is 23.7 Å². The number of carbonyl (C=O) groups is 3. The van der Waals surface area contributed by atoms with Gasteiger partial charge in [0, 0.05) is 4.88 Å². The number of carboxylic acids is 1. The van der Waals surface area contributed by atoms with E-state index in [9.17, 15) is 19.5 Å². The number of nitrogens with one attached hydrogen (secondary N) is 1. The van der Waals surface area contributed by atoms with Crippen molar-refractivity contribution in [2.45, 2.75) is 33.1 Å². The van der Waals surface area contributed by atoms with E-state index in [0.717, 1.165) is 4.88 Å². The molecule has 0 spiro atoms. The number of hydrogen-bond donors (Lipinski definition) is 2. The quantitative estimate of drug-likeness (QED) is 0.585. The van der Waals surface area contributed by atoms with Crippen molar-refractivity contribution in [2.75, 3.05) is 11.9 Å². The lowest BCUT2D eigenvalue weighted by Crippen LogP contribution is -2.36. The van der Waals surface area contributed by atoms with Crippen LogP contribution in [-0.4, -0.2) is 29.6 Å². The summed E-state index contributed by atoms with van der Waals surface area (Å²) >= 11 is 1.34. The van der Waals surface area contributed by atoms with Crippen LogP contribution in [-0.2, 0) is 14.3 Å². The molecule has 1 saturated carbocycles. The molecule has 0 unspecified atom stereocenters. The molecule has 1 heterocycles. The Bertz CT molecular complexity index is 766. The van der Waals surface area contributed by atoms with Gasteiger partial charge in [-0.25, -0.2) is 4.79 Å². The van der Waals surface area contributed by atoms with Gasteiger partial charge in [0.1, 0.15) is 5.00 Å². The molecule has 140 valence electrons. The molecule has 0 radical (unpaired) electrons. The van der Waals surface area contributed by atoms with Crippen LogP contribution in [0.25, 0.3) is 0 Å². The minimum absolute atomic E-state index is 0.0586. The Hall–Kier alpha value is -2.15. The second-order valence-corrected chi connectivity index (χ2v) is 8.18. The zero-order valence-corrected chi connectivity index (χ0v) is 15.8. The molecule has 4 atom stereocenters. The van der Waals surface area contributed by atoms with E-state index in [-0.39, 0.29) is 30.3 Å². The lowest BCUT2D eigenvalue weighted by molar-refractivity contribution is -0.146. The van der Waals surface area contributed by atoms with E-state index < -0.39 is 23.8 Å². The molecule has 6 nitrogen and oxygen atoms in total. The summed E-state index contributed by atoms with van der Waals surface area (Å²) in [5, 5.41) is 12.8. The van der Waals surface area contributed by atoms with Gasteiger partial charge in [-0.05, 0) is 37.2 Å². The number of aliphatic carboxylic acids is 1. The zero-order valence-electron chi connectivity index (χ0n) is 15.0. The average molecular weight is 377 g/mol. The molecule has 26 heavy (non-hydrogen) atoms. The number of rotatable bonds is 6. The van der Waals surface area contributed by atoms with Gasteiger partial charge in [-0.2, -0.15) is 0 Å². The van der Waals surface area contributed by atoms with Crippen LogP contribution < -0.4 is 5.32 Å². The molecule has 2 aliphatic rings. The number of anilines is 1.